The van der Waals surface area contributed by atoms with Gasteiger partial charge in [0, 0.05) is 19.6 Å². The summed E-state index contributed by atoms with van der Waals surface area (Å²) in [5, 5.41) is 5.99. The monoisotopic (exact) mass is 314 g/mol. The highest BCUT2D eigenvalue weighted by atomic mass is 32.2. The molecule has 1 unspecified atom stereocenters. The Morgan fingerprint density at radius 3 is 2.95 bits per heavy atom. The number of hydrogen-bond acceptors (Lipinski definition) is 7. The van der Waals surface area contributed by atoms with E-state index in [1.165, 1.54) is 7.05 Å². The summed E-state index contributed by atoms with van der Waals surface area (Å²) in [5.74, 6) is 0.129. The van der Waals surface area contributed by atoms with Gasteiger partial charge in [-0.1, -0.05) is 11.2 Å². The molecule has 9 heteroatoms. The number of rotatable bonds is 6. The minimum Gasteiger partial charge on any atom is -0.352 e. The molecule has 1 aliphatic rings. The molecule has 1 aromatic heterocycles. The molecular formula is C12H18N4O4S. The van der Waals surface area contributed by atoms with Gasteiger partial charge in [0.05, 0.1) is 18.1 Å². The Kier molecular flexibility index (Phi) is 4.73. The maximum atomic E-state index is 11.6. The molecule has 1 saturated heterocycles. The highest BCUT2D eigenvalue weighted by Crippen LogP contribution is 2.19. The van der Waals surface area contributed by atoms with Crippen molar-refractivity contribution in [1.82, 2.24) is 20.4 Å². The molecule has 1 atom stereocenters. The molecule has 1 amide bonds. The first-order valence-electron chi connectivity index (χ1n) is 6.55. The summed E-state index contributed by atoms with van der Waals surface area (Å²) in [6.07, 6.45) is 2.27. The van der Waals surface area contributed by atoms with E-state index in [1.54, 1.807) is 6.08 Å². The Bertz CT molecular complexity index is 625. The lowest BCUT2D eigenvalue weighted by Gasteiger charge is -2.24. The second kappa shape index (κ2) is 6.35. The predicted molar refractivity (Wildman–Crippen MR) is 75.4 cm³/mol. The van der Waals surface area contributed by atoms with E-state index in [0.29, 0.717) is 13.0 Å². The average molecular weight is 314 g/mol. The van der Waals surface area contributed by atoms with E-state index >= 15 is 0 Å². The zero-order valence-corrected chi connectivity index (χ0v) is 12.6. The van der Waals surface area contributed by atoms with Crippen molar-refractivity contribution in [2.24, 2.45) is 0 Å². The average Bonchev–Trinajstić information content (AvgIpc) is 3.04. The van der Waals surface area contributed by atoms with Gasteiger partial charge in [-0.15, -0.1) is 6.58 Å². The molecule has 0 aromatic carbocycles. The molecule has 8 nitrogen and oxygen atoms in total. The van der Waals surface area contributed by atoms with Gasteiger partial charge in [0.25, 0.3) is 11.7 Å². The van der Waals surface area contributed by atoms with Crippen LogP contribution in [0.3, 0.4) is 0 Å². The normalized spacial score (nSPS) is 20.6. The maximum Gasteiger partial charge on any atom is 0.292 e. The molecule has 1 aromatic rings. The molecule has 2 heterocycles. The van der Waals surface area contributed by atoms with Gasteiger partial charge in [0.15, 0.2) is 9.84 Å². The standard InChI is InChI=1S/C12H18N4O4S/c1-3-5-16(9-4-6-21(18,19)8-9)7-10-14-11(15-20-10)12(17)13-2/h3,9H,1,4-8H2,2H3,(H,13,17). The molecule has 1 N–H and O–H groups in total. The summed E-state index contributed by atoms with van der Waals surface area (Å²) >= 11 is 0. The van der Waals surface area contributed by atoms with E-state index in [4.69, 9.17) is 4.52 Å². The highest BCUT2D eigenvalue weighted by molar-refractivity contribution is 7.91. The summed E-state index contributed by atoms with van der Waals surface area (Å²) in [7, 11) is -1.49. The van der Waals surface area contributed by atoms with Gasteiger partial charge in [-0.3, -0.25) is 9.69 Å². The number of nitrogens with zero attached hydrogens (tertiary/aromatic N) is 3. The van der Waals surface area contributed by atoms with Crippen molar-refractivity contribution >= 4 is 15.7 Å². The van der Waals surface area contributed by atoms with Crippen LogP contribution in [0.15, 0.2) is 17.2 Å². The molecule has 116 valence electrons. The molecular weight excluding hydrogens is 296 g/mol. The molecule has 0 bridgehead atoms. The molecule has 1 fully saturated rings. The number of hydrogen-bond donors (Lipinski definition) is 1. The minimum absolute atomic E-state index is 0.0369. The first kappa shape index (κ1) is 15.6. The number of sulfone groups is 1. The van der Waals surface area contributed by atoms with E-state index in [-0.39, 0.29) is 35.8 Å². The van der Waals surface area contributed by atoms with Gasteiger partial charge in [-0.25, -0.2) is 8.42 Å². The quantitative estimate of drug-likeness (QED) is 0.712. The van der Waals surface area contributed by atoms with Gasteiger partial charge < -0.3 is 9.84 Å². The molecule has 0 radical (unpaired) electrons. The summed E-state index contributed by atoms with van der Waals surface area (Å²) in [6.45, 7) is 4.47. The Morgan fingerprint density at radius 1 is 1.62 bits per heavy atom. The van der Waals surface area contributed by atoms with Gasteiger partial charge in [0.2, 0.25) is 5.89 Å². The van der Waals surface area contributed by atoms with E-state index in [1.807, 2.05) is 4.90 Å². The minimum atomic E-state index is -2.97. The van der Waals surface area contributed by atoms with Crippen LogP contribution in [0.1, 0.15) is 22.9 Å². The zero-order chi connectivity index (χ0) is 15.5. The van der Waals surface area contributed by atoms with Gasteiger partial charge in [0.1, 0.15) is 0 Å². The summed E-state index contributed by atoms with van der Waals surface area (Å²) in [6, 6.07) is -0.0941. The van der Waals surface area contributed by atoms with Gasteiger partial charge >= 0.3 is 0 Å². The van der Waals surface area contributed by atoms with Crippen molar-refractivity contribution in [3.8, 4) is 0 Å². The second-order valence-electron chi connectivity index (χ2n) is 4.87. The topological polar surface area (TPSA) is 105 Å². The van der Waals surface area contributed by atoms with Crippen molar-refractivity contribution in [3.05, 3.63) is 24.4 Å². The number of nitrogens with one attached hydrogen (secondary N) is 1. The van der Waals surface area contributed by atoms with Crippen LogP contribution in [-0.2, 0) is 16.4 Å². The first-order chi connectivity index (χ1) is 9.95. The fourth-order valence-corrected chi connectivity index (χ4v) is 4.03. The summed E-state index contributed by atoms with van der Waals surface area (Å²) in [4.78, 5) is 17.3. The molecule has 0 saturated carbocycles. The summed E-state index contributed by atoms with van der Waals surface area (Å²) < 4.78 is 28.2. The fraction of sp³-hybridized carbons (Fsp3) is 0.583. The summed E-state index contributed by atoms with van der Waals surface area (Å²) in [5.41, 5.74) is 0. The Labute approximate surface area is 123 Å². The number of carbonyl (C=O) groups excluding carboxylic acids is 1. The molecule has 1 aliphatic heterocycles. The molecule has 2 rings (SSSR count). The lowest BCUT2D eigenvalue weighted by molar-refractivity contribution is 0.0950. The van der Waals surface area contributed by atoms with Crippen molar-refractivity contribution in [2.45, 2.75) is 19.0 Å². The number of carbonyl (C=O) groups is 1. The molecule has 0 spiro atoms. The third-order valence-electron chi connectivity index (χ3n) is 3.32. The van der Waals surface area contributed by atoms with E-state index in [9.17, 15) is 13.2 Å². The maximum absolute atomic E-state index is 11.6. The Hall–Kier alpha value is -1.74. The predicted octanol–water partition coefficient (Wildman–Crippen LogP) is -0.396. The number of aromatic nitrogens is 2. The highest BCUT2D eigenvalue weighted by Gasteiger charge is 2.32. The van der Waals surface area contributed by atoms with Gasteiger partial charge in [-0.2, -0.15) is 4.98 Å². The molecule has 0 aliphatic carbocycles. The molecule has 21 heavy (non-hydrogen) atoms. The first-order valence-corrected chi connectivity index (χ1v) is 8.37. The number of amides is 1. The van der Waals surface area contributed by atoms with Crippen LogP contribution in [0.5, 0.6) is 0 Å². The van der Waals surface area contributed by atoms with Crippen LogP contribution in [0, 0.1) is 0 Å². The lowest BCUT2D eigenvalue weighted by Crippen LogP contribution is -2.36. The van der Waals surface area contributed by atoms with E-state index in [0.717, 1.165) is 0 Å². The Morgan fingerprint density at radius 2 is 2.38 bits per heavy atom. The smallest absolute Gasteiger partial charge is 0.292 e. The van der Waals surface area contributed by atoms with Crippen molar-refractivity contribution in [3.63, 3.8) is 0 Å². The second-order valence-corrected chi connectivity index (χ2v) is 7.09. The van der Waals surface area contributed by atoms with Crippen molar-refractivity contribution in [2.75, 3.05) is 25.1 Å². The zero-order valence-electron chi connectivity index (χ0n) is 11.8. The largest absolute Gasteiger partial charge is 0.352 e. The van der Waals surface area contributed by atoms with E-state index in [2.05, 4.69) is 22.0 Å². The van der Waals surface area contributed by atoms with Crippen LogP contribution in [0.4, 0.5) is 0 Å². The van der Waals surface area contributed by atoms with Gasteiger partial charge in [-0.05, 0) is 6.42 Å². The lowest BCUT2D eigenvalue weighted by atomic mass is 10.2. The van der Waals surface area contributed by atoms with Crippen molar-refractivity contribution < 1.29 is 17.7 Å². The van der Waals surface area contributed by atoms with Crippen LogP contribution in [0.25, 0.3) is 0 Å². The fourth-order valence-electron chi connectivity index (χ4n) is 2.27. The van der Waals surface area contributed by atoms with Crippen LogP contribution < -0.4 is 5.32 Å². The van der Waals surface area contributed by atoms with Crippen LogP contribution in [0.2, 0.25) is 0 Å². The Balaban J connectivity index is 2.08. The third-order valence-corrected chi connectivity index (χ3v) is 5.08. The van der Waals surface area contributed by atoms with Crippen LogP contribution >= 0.6 is 0 Å². The third kappa shape index (κ3) is 3.88. The van der Waals surface area contributed by atoms with E-state index < -0.39 is 15.7 Å². The van der Waals surface area contributed by atoms with Crippen LogP contribution in [-0.4, -0.2) is 60.5 Å². The van der Waals surface area contributed by atoms with Crippen molar-refractivity contribution in [1.29, 1.82) is 0 Å². The SMILES string of the molecule is C=CCN(Cc1nc(C(=O)NC)no1)C1CCS(=O)(=O)C1.